The van der Waals surface area contributed by atoms with Gasteiger partial charge >= 0.3 is 0 Å². The Kier molecular flexibility index (Phi) is 6.10. The van der Waals surface area contributed by atoms with Gasteiger partial charge < -0.3 is 10.1 Å². The van der Waals surface area contributed by atoms with E-state index in [0.29, 0.717) is 0 Å². The molecule has 25 heavy (non-hydrogen) atoms. The van der Waals surface area contributed by atoms with Gasteiger partial charge in [0.15, 0.2) is 0 Å². The molecule has 2 aromatic rings. The van der Waals surface area contributed by atoms with Gasteiger partial charge in [0.05, 0.1) is 13.3 Å². The molecule has 0 bridgehead atoms. The molecule has 1 saturated heterocycles. The lowest BCUT2D eigenvalue weighted by Crippen LogP contribution is -2.19. The lowest BCUT2D eigenvalue weighted by Gasteiger charge is -2.18. The molecule has 1 aliphatic heterocycles. The largest absolute Gasteiger partial charge is 0.496 e. The van der Waals surface area contributed by atoms with Gasteiger partial charge in [0.25, 0.3) is 0 Å². The number of hydrogen-bond donors (Lipinski definition) is 1. The Bertz CT molecular complexity index is 689. The van der Waals surface area contributed by atoms with Crippen LogP contribution in [0.25, 0.3) is 0 Å². The first-order valence-electron chi connectivity index (χ1n) is 9.31. The monoisotopic (exact) mass is 342 g/mol. The first-order chi connectivity index (χ1) is 12.2. The quantitative estimate of drug-likeness (QED) is 0.800. The maximum absolute atomic E-state index is 5.56. The number of nitrogens with zero attached hydrogens (tertiary/aromatic N) is 3. The van der Waals surface area contributed by atoms with Crippen LogP contribution >= 0.6 is 0 Å². The summed E-state index contributed by atoms with van der Waals surface area (Å²) in [5.41, 5.74) is 5.11. The van der Waals surface area contributed by atoms with E-state index < -0.39 is 0 Å². The van der Waals surface area contributed by atoms with Crippen molar-refractivity contribution >= 4 is 0 Å². The highest BCUT2D eigenvalue weighted by atomic mass is 16.5. The Morgan fingerprint density at radius 3 is 2.64 bits per heavy atom. The molecule has 0 saturated carbocycles. The second-order valence-electron chi connectivity index (χ2n) is 6.80. The van der Waals surface area contributed by atoms with Gasteiger partial charge in [-0.1, -0.05) is 6.07 Å². The summed E-state index contributed by atoms with van der Waals surface area (Å²) >= 11 is 0. The molecule has 1 aromatic heterocycles. The van der Waals surface area contributed by atoms with Crippen LogP contribution in [0.4, 0.5) is 0 Å². The van der Waals surface area contributed by atoms with Crippen LogP contribution in [0.2, 0.25) is 0 Å². The van der Waals surface area contributed by atoms with Crippen molar-refractivity contribution in [1.82, 2.24) is 20.0 Å². The van der Waals surface area contributed by atoms with Crippen LogP contribution < -0.4 is 10.1 Å². The van der Waals surface area contributed by atoms with E-state index in [0.717, 1.165) is 31.9 Å². The van der Waals surface area contributed by atoms with Crippen LogP contribution in [0.3, 0.4) is 0 Å². The fourth-order valence-electron chi connectivity index (χ4n) is 3.57. The third-order valence-electron chi connectivity index (χ3n) is 5.09. The van der Waals surface area contributed by atoms with E-state index in [4.69, 9.17) is 4.74 Å². The zero-order valence-electron chi connectivity index (χ0n) is 15.7. The minimum Gasteiger partial charge on any atom is -0.496 e. The molecule has 5 nitrogen and oxygen atoms in total. The Morgan fingerprint density at radius 2 is 1.96 bits per heavy atom. The van der Waals surface area contributed by atoms with Gasteiger partial charge in [-0.3, -0.25) is 9.58 Å². The summed E-state index contributed by atoms with van der Waals surface area (Å²) in [6.07, 6.45) is 4.60. The number of aryl methyl sites for hydroxylation is 1. The van der Waals surface area contributed by atoms with E-state index in [2.05, 4.69) is 47.4 Å². The van der Waals surface area contributed by atoms with Crippen molar-refractivity contribution in [3.63, 3.8) is 0 Å². The number of aromatic nitrogens is 2. The average molecular weight is 342 g/mol. The van der Waals surface area contributed by atoms with Crippen LogP contribution in [0.1, 0.15) is 42.1 Å². The second kappa shape index (κ2) is 8.50. The topological polar surface area (TPSA) is 42.3 Å². The number of hydrogen-bond acceptors (Lipinski definition) is 4. The Hall–Kier alpha value is -1.85. The van der Waals surface area contributed by atoms with E-state index in [1.807, 2.05) is 10.9 Å². The molecule has 2 heterocycles. The molecule has 1 aliphatic rings. The summed E-state index contributed by atoms with van der Waals surface area (Å²) in [7, 11) is 1.76. The smallest absolute Gasteiger partial charge is 0.123 e. The van der Waals surface area contributed by atoms with Crippen molar-refractivity contribution in [2.75, 3.05) is 20.2 Å². The van der Waals surface area contributed by atoms with E-state index in [1.54, 1.807) is 7.11 Å². The molecule has 5 heteroatoms. The second-order valence-corrected chi connectivity index (χ2v) is 6.80. The first-order valence-corrected chi connectivity index (χ1v) is 9.31. The van der Waals surface area contributed by atoms with Crippen LogP contribution in [-0.2, 0) is 26.2 Å². The summed E-state index contributed by atoms with van der Waals surface area (Å²) < 4.78 is 7.60. The maximum atomic E-state index is 5.56. The number of rotatable bonds is 8. The Balaban J connectivity index is 1.60. The van der Waals surface area contributed by atoms with E-state index in [-0.39, 0.29) is 0 Å². The van der Waals surface area contributed by atoms with E-state index >= 15 is 0 Å². The molecule has 0 amide bonds. The highest BCUT2D eigenvalue weighted by Crippen LogP contribution is 2.23. The fraction of sp³-hybridized carbons (Fsp3) is 0.550. The van der Waals surface area contributed by atoms with Crippen molar-refractivity contribution in [1.29, 1.82) is 0 Å². The summed E-state index contributed by atoms with van der Waals surface area (Å²) in [6, 6.07) is 6.54. The zero-order valence-corrected chi connectivity index (χ0v) is 15.7. The lowest BCUT2D eigenvalue weighted by molar-refractivity contribution is 0.320. The SMILES string of the molecule is CCn1ncc(CNCc2ccc(OC)c(CN3CCCC3)c2)c1C. The normalized spacial score (nSPS) is 15.0. The molecule has 0 spiro atoms. The summed E-state index contributed by atoms with van der Waals surface area (Å²) in [5, 5.41) is 7.96. The molecular formula is C20H30N4O. The standard InChI is InChI=1S/C20H30N4O/c1-4-24-16(2)19(14-22-24)13-21-12-17-7-8-20(25-3)18(11-17)15-23-9-5-6-10-23/h7-8,11,14,21H,4-6,9-10,12-13,15H2,1-3H3. The van der Waals surface area contributed by atoms with E-state index in [9.17, 15) is 0 Å². The van der Waals surface area contributed by atoms with Gasteiger partial charge in [0, 0.05) is 43.0 Å². The van der Waals surface area contributed by atoms with Crippen LogP contribution in [-0.4, -0.2) is 34.9 Å². The van der Waals surface area contributed by atoms with Gasteiger partial charge in [-0.05, 0) is 57.5 Å². The zero-order chi connectivity index (χ0) is 17.6. The van der Waals surface area contributed by atoms with Crippen LogP contribution in [0, 0.1) is 6.92 Å². The lowest BCUT2D eigenvalue weighted by atomic mass is 10.1. The van der Waals surface area contributed by atoms with E-state index in [1.165, 1.54) is 48.3 Å². The van der Waals surface area contributed by atoms with Crippen molar-refractivity contribution in [3.05, 3.63) is 46.8 Å². The Morgan fingerprint density at radius 1 is 1.16 bits per heavy atom. The molecule has 1 N–H and O–H groups in total. The van der Waals surface area contributed by atoms with Crippen LogP contribution in [0.5, 0.6) is 5.75 Å². The number of ether oxygens (including phenoxy) is 1. The predicted molar refractivity (Wildman–Crippen MR) is 101 cm³/mol. The fourth-order valence-corrected chi connectivity index (χ4v) is 3.57. The summed E-state index contributed by atoms with van der Waals surface area (Å²) in [4.78, 5) is 2.51. The van der Waals surface area contributed by atoms with Crippen molar-refractivity contribution < 1.29 is 4.74 Å². The number of nitrogens with one attached hydrogen (secondary N) is 1. The third-order valence-corrected chi connectivity index (χ3v) is 5.09. The predicted octanol–water partition coefficient (Wildman–Crippen LogP) is 3.11. The summed E-state index contributed by atoms with van der Waals surface area (Å²) in [6.45, 7) is 10.3. The van der Waals surface area contributed by atoms with Gasteiger partial charge in [-0.15, -0.1) is 0 Å². The molecule has 0 unspecified atom stereocenters. The third kappa shape index (κ3) is 4.41. The molecule has 0 aliphatic carbocycles. The van der Waals surface area contributed by atoms with Crippen molar-refractivity contribution in [2.24, 2.45) is 0 Å². The number of methoxy groups -OCH3 is 1. The molecule has 3 rings (SSSR count). The van der Waals surface area contributed by atoms with Gasteiger partial charge in [0.1, 0.15) is 5.75 Å². The first kappa shape index (κ1) is 18.0. The summed E-state index contributed by atoms with van der Waals surface area (Å²) in [5.74, 6) is 0.996. The molecule has 136 valence electrons. The molecular weight excluding hydrogens is 312 g/mol. The highest BCUT2D eigenvalue weighted by molar-refractivity contribution is 5.37. The van der Waals surface area contributed by atoms with Crippen molar-refractivity contribution in [2.45, 2.75) is 52.9 Å². The van der Waals surface area contributed by atoms with Crippen molar-refractivity contribution in [3.8, 4) is 5.75 Å². The molecule has 1 aromatic carbocycles. The van der Waals surface area contributed by atoms with Gasteiger partial charge in [0.2, 0.25) is 0 Å². The number of likely N-dealkylation sites (tertiary alicyclic amines) is 1. The molecule has 1 fully saturated rings. The molecule has 0 atom stereocenters. The highest BCUT2D eigenvalue weighted by Gasteiger charge is 2.14. The van der Waals surface area contributed by atoms with Crippen LogP contribution in [0.15, 0.2) is 24.4 Å². The maximum Gasteiger partial charge on any atom is 0.123 e. The number of benzene rings is 1. The minimum absolute atomic E-state index is 0.847. The Labute approximate surface area is 151 Å². The average Bonchev–Trinajstić information content (AvgIpc) is 3.25. The minimum atomic E-state index is 0.847. The van der Waals surface area contributed by atoms with Gasteiger partial charge in [-0.25, -0.2) is 0 Å². The molecule has 0 radical (unpaired) electrons. The van der Waals surface area contributed by atoms with Gasteiger partial charge in [-0.2, -0.15) is 5.10 Å².